The quantitative estimate of drug-likeness (QED) is 0.663. The van der Waals surface area contributed by atoms with Crippen LogP contribution in [0.15, 0.2) is 30.5 Å². The van der Waals surface area contributed by atoms with Crippen molar-refractivity contribution in [3.63, 3.8) is 0 Å². The molecule has 0 fully saturated rings. The van der Waals surface area contributed by atoms with Crippen LogP contribution in [0.5, 0.6) is 0 Å². The molecule has 1 N–H and O–H groups in total. The fourth-order valence-corrected chi connectivity index (χ4v) is 2.04. The molecule has 0 bridgehead atoms. The lowest BCUT2D eigenvalue weighted by Gasteiger charge is -2.10. The van der Waals surface area contributed by atoms with Crippen molar-refractivity contribution in [2.45, 2.75) is 52.9 Å². The zero-order valence-electron chi connectivity index (χ0n) is 12.2. The average molecular weight is 245 g/mol. The Morgan fingerprint density at radius 3 is 2.56 bits per heavy atom. The van der Waals surface area contributed by atoms with E-state index < -0.39 is 0 Å². The molecule has 0 aliphatic carbocycles. The van der Waals surface area contributed by atoms with E-state index in [0.29, 0.717) is 0 Å². The third kappa shape index (κ3) is 5.39. The van der Waals surface area contributed by atoms with E-state index in [1.165, 1.54) is 42.4 Å². The SMILES string of the molecule is C=C(Cc1ccc(C)c(C)c1)NCCCCCC. The van der Waals surface area contributed by atoms with Crippen LogP contribution in [0.4, 0.5) is 0 Å². The molecule has 1 rings (SSSR count). The summed E-state index contributed by atoms with van der Waals surface area (Å²) in [5.41, 5.74) is 5.21. The van der Waals surface area contributed by atoms with E-state index in [1.807, 2.05) is 0 Å². The standard InChI is InChI=1S/C17H27N/c1-5-6-7-8-11-18-16(4)13-17-10-9-14(2)15(3)12-17/h9-10,12,18H,4-8,11,13H2,1-3H3. The Morgan fingerprint density at radius 1 is 1.11 bits per heavy atom. The number of hydrogen-bond donors (Lipinski definition) is 1. The molecule has 100 valence electrons. The Morgan fingerprint density at radius 2 is 1.89 bits per heavy atom. The van der Waals surface area contributed by atoms with E-state index in [0.717, 1.165) is 18.7 Å². The molecule has 0 aliphatic rings. The van der Waals surface area contributed by atoms with Gasteiger partial charge in [0.25, 0.3) is 0 Å². The van der Waals surface area contributed by atoms with Crippen molar-refractivity contribution in [2.75, 3.05) is 6.54 Å². The molecule has 1 aromatic rings. The molecule has 0 heterocycles. The summed E-state index contributed by atoms with van der Waals surface area (Å²) >= 11 is 0. The van der Waals surface area contributed by atoms with Gasteiger partial charge in [-0.05, 0) is 37.0 Å². The number of rotatable bonds is 8. The van der Waals surface area contributed by atoms with Gasteiger partial charge in [-0.3, -0.25) is 0 Å². The highest BCUT2D eigenvalue weighted by Crippen LogP contribution is 2.12. The van der Waals surface area contributed by atoms with Crippen LogP contribution < -0.4 is 5.32 Å². The number of benzene rings is 1. The fourth-order valence-electron chi connectivity index (χ4n) is 2.04. The van der Waals surface area contributed by atoms with E-state index in [9.17, 15) is 0 Å². The summed E-state index contributed by atoms with van der Waals surface area (Å²) in [5.74, 6) is 0. The summed E-state index contributed by atoms with van der Waals surface area (Å²) in [6.45, 7) is 11.7. The van der Waals surface area contributed by atoms with Crippen molar-refractivity contribution in [2.24, 2.45) is 0 Å². The van der Waals surface area contributed by atoms with Gasteiger partial charge in [-0.15, -0.1) is 0 Å². The summed E-state index contributed by atoms with van der Waals surface area (Å²) in [7, 11) is 0. The third-order valence-electron chi connectivity index (χ3n) is 3.39. The monoisotopic (exact) mass is 245 g/mol. The maximum Gasteiger partial charge on any atom is 0.0143 e. The third-order valence-corrected chi connectivity index (χ3v) is 3.39. The van der Waals surface area contributed by atoms with Crippen LogP contribution in [0, 0.1) is 13.8 Å². The Balaban J connectivity index is 2.29. The minimum Gasteiger partial charge on any atom is -0.389 e. The van der Waals surface area contributed by atoms with Crippen LogP contribution in [0.3, 0.4) is 0 Å². The first-order chi connectivity index (χ1) is 8.63. The van der Waals surface area contributed by atoms with Gasteiger partial charge in [-0.2, -0.15) is 0 Å². The Kier molecular flexibility index (Phi) is 6.56. The molecule has 0 atom stereocenters. The van der Waals surface area contributed by atoms with Gasteiger partial charge in [0.15, 0.2) is 0 Å². The highest BCUT2D eigenvalue weighted by Gasteiger charge is 1.99. The highest BCUT2D eigenvalue weighted by atomic mass is 14.9. The van der Waals surface area contributed by atoms with Gasteiger partial charge >= 0.3 is 0 Å². The topological polar surface area (TPSA) is 12.0 Å². The summed E-state index contributed by atoms with van der Waals surface area (Å²) in [5, 5.41) is 3.43. The van der Waals surface area contributed by atoms with E-state index in [2.05, 4.69) is 50.9 Å². The number of aryl methyl sites for hydroxylation is 2. The molecular weight excluding hydrogens is 218 g/mol. The number of allylic oxidation sites excluding steroid dienone is 1. The fraction of sp³-hybridized carbons (Fsp3) is 0.529. The van der Waals surface area contributed by atoms with Gasteiger partial charge in [0.05, 0.1) is 0 Å². The minimum absolute atomic E-state index is 0.939. The van der Waals surface area contributed by atoms with Crippen LogP contribution in [-0.2, 0) is 6.42 Å². The maximum atomic E-state index is 4.11. The smallest absolute Gasteiger partial charge is 0.0143 e. The number of nitrogens with one attached hydrogen (secondary N) is 1. The molecule has 0 unspecified atom stereocenters. The lowest BCUT2D eigenvalue weighted by Crippen LogP contribution is -2.15. The molecule has 1 aromatic carbocycles. The maximum absolute atomic E-state index is 4.11. The first-order valence-electron chi connectivity index (χ1n) is 7.11. The first-order valence-corrected chi connectivity index (χ1v) is 7.11. The molecular formula is C17H27N. The van der Waals surface area contributed by atoms with Crippen LogP contribution >= 0.6 is 0 Å². The minimum atomic E-state index is 0.939. The Bertz CT molecular complexity index is 379. The summed E-state index contributed by atoms with van der Waals surface area (Å²) < 4.78 is 0. The van der Waals surface area contributed by atoms with Crippen molar-refractivity contribution in [1.82, 2.24) is 5.32 Å². The predicted octanol–water partition coefficient (Wildman–Crippen LogP) is 4.53. The van der Waals surface area contributed by atoms with Crippen LogP contribution in [0.25, 0.3) is 0 Å². The van der Waals surface area contributed by atoms with Crippen molar-refractivity contribution in [3.05, 3.63) is 47.2 Å². The molecule has 0 saturated carbocycles. The molecule has 0 aliphatic heterocycles. The lowest BCUT2D eigenvalue weighted by molar-refractivity contribution is 0.631. The zero-order chi connectivity index (χ0) is 13.4. The highest BCUT2D eigenvalue weighted by molar-refractivity contribution is 5.31. The zero-order valence-corrected chi connectivity index (χ0v) is 12.2. The molecule has 0 amide bonds. The summed E-state index contributed by atoms with van der Waals surface area (Å²) in [4.78, 5) is 0. The van der Waals surface area contributed by atoms with Crippen LogP contribution in [0.1, 0.15) is 49.3 Å². The van der Waals surface area contributed by atoms with Crippen LogP contribution in [-0.4, -0.2) is 6.54 Å². The number of unbranched alkanes of at least 4 members (excludes halogenated alkanes) is 3. The largest absolute Gasteiger partial charge is 0.389 e. The van der Waals surface area contributed by atoms with Crippen molar-refractivity contribution >= 4 is 0 Å². The predicted molar refractivity (Wildman–Crippen MR) is 80.9 cm³/mol. The van der Waals surface area contributed by atoms with Crippen molar-refractivity contribution in [3.8, 4) is 0 Å². The molecule has 0 radical (unpaired) electrons. The Labute approximate surface area is 112 Å². The molecule has 1 nitrogen and oxygen atoms in total. The van der Waals surface area contributed by atoms with E-state index in [4.69, 9.17) is 0 Å². The summed E-state index contributed by atoms with van der Waals surface area (Å²) in [6, 6.07) is 6.66. The van der Waals surface area contributed by atoms with E-state index >= 15 is 0 Å². The van der Waals surface area contributed by atoms with E-state index in [-0.39, 0.29) is 0 Å². The van der Waals surface area contributed by atoms with Crippen molar-refractivity contribution in [1.29, 1.82) is 0 Å². The molecule has 0 spiro atoms. The van der Waals surface area contributed by atoms with Crippen molar-refractivity contribution < 1.29 is 0 Å². The summed E-state index contributed by atoms with van der Waals surface area (Å²) in [6.07, 6.45) is 6.14. The van der Waals surface area contributed by atoms with Gasteiger partial charge in [0.1, 0.15) is 0 Å². The van der Waals surface area contributed by atoms with Gasteiger partial charge in [0.2, 0.25) is 0 Å². The number of hydrogen-bond acceptors (Lipinski definition) is 1. The van der Waals surface area contributed by atoms with Gasteiger partial charge < -0.3 is 5.32 Å². The van der Waals surface area contributed by atoms with E-state index in [1.54, 1.807) is 0 Å². The lowest BCUT2D eigenvalue weighted by atomic mass is 10.0. The second kappa shape index (κ2) is 7.97. The van der Waals surface area contributed by atoms with Gasteiger partial charge in [-0.25, -0.2) is 0 Å². The second-order valence-corrected chi connectivity index (χ2v) is 5.19. The first kappa shape index (κ1) is 14.8. The molecule has 0 aromatic heterocycles. The van der Waals surface area contributed by atoms with Crippen LogP contribution in [0.2, 0.25) is 0 Å². The molecule has 1 heteroatoms. The average Bonchev–Trinajstić information content (AvgIpc) is 2.34. The van der Waals surface area contributed by atoms with Gasteiger partial charge in [0, 0.05) is 18.7 Å². The Hall–Kier alpha value is -1.24. The molecule has 18 heavy (non-hydrogen) atoms. The second-order valence-electron chi connectivity index (χ2n) is 5.19. The normalized spacial score (nSPS) is 10.4. The van der Waals surface area contributed by atoms with Gasteiger partial charge in [-0.1, -0.05) is 51.0 Å². The molecule has 0 saturated heterocycles.